The normalized spacial score (nSPS) is 22.4. The van der Waals surface area contributed by atoms with E-state index in [4.69, 9.17) is 11.6 Å². The molecule has 1 nitrogen and oxygen atoms in total. The standard InChI is InChI=1S/C15H22ClN/c1-13-6-5-7-14(10-13)12-17-9-4-2-3-8-15(17)11-16/h5-7,10,15H,2-4,8-9,11-12H2,1H3. The Hall–Kier alpha value is -0.530. The number of nitrogens with zero attached hydrogens (tertiary/aromatic N) is 1. The SMILES string of the molecule is Cc1cccc(CN2CCCCCC2CCl)c1. The van der Waals surface area contributed by atoms with Gasteiger partial charge in [0.15, 0.2) is 0 Å². The van der Waals surface area contributed by atoms with Gasteiger partial charge in [-0.05, 0) is 31.9 Å². The van der Waals surface area contributed by atoms with Gasteiger partial charge in [0, 0.05) is 18.5 Å². The summed E-state index contributed by atoms with van der Waals surface area (Å²) in [5, 5.41) is 0. The average molecular weight is 252 g/mol. The number of likely N-dealkylation sites (tertiary alicyclic amines) is 1. The lowest BCUT2D eigenvalue weighted by atomic mass is 10.1. The van der Waals surface area contributed by atoms with Crippen LogP contribution in [0.1, 0.15) is 36.8 Å². The number of rotatable bonds is 3. The van der Waals surface area contributed by atoms with E-state index in [2.05, 4.69) is 36.1 Å². The van der Waals surface area contributed by atoms with Crippen molar-refractivity contribution in [2.45, 2.75) is 45.2 Å². The largest absolute Gasteiger partial charge is 0.295 e. The van der Waals surface area contributed by atoms with E-state index in [9.17, 15) is 0 Å². The maximum atomic E-state index is 6.10. The highest BCUT2D eigenvalue weighted by Gasteiger charge is 2.19. The van der Waals surface area contributed by atoms with Crippen LogP contribution in [0, 0.1) is 6.92 Å². The molecular formula is C15H22ClN. The molecule has 1 fully saturated rings. The molecule has 1 aromatic carbocycles. The van der Waals surface area contributed by atoms with Crippen LogP contribution in [0.3, 0.4) is 0 Å². The maximum Gasteiger partial charge on any atom is 0.0379 e. The zero-order valence-corrected chi connectivity index (χ0v) is 11.4. The molecular weight excluding hydrogens is 230 g/mol. The van der Waals surface area contributed by atoms with E-state index in [1.54, 1.807) is 0 Å². The molecule has 0 saturated carbocycles. The number of halogens is 1. The van der Waals surface area contributed by atoms with E-state index >= 15 is 0 Å². The van der Waals surface area contributed by atoms with E-state index in [0.717, 1.165) is 12.4 Å². The molecule has 1 unspecified atom stereocenters. The summed E-state index contributed by atoms with van der Waals surface area (Å²) in [5.74, 6) is 0.770. The van der Waals surface area contributed by atoms with Gasteiger partial charge in [0.05, 0.1) is 0 Å². The molecule has 17 heavy (non-hydrogen) atoms. The first kappa shape index (κ1) is 12.9. The Bertz CT molecular complexity index is 351. The number of hydrogen-bond donors (Lipinski definition) is 0. The molecule has 1 aliphatic rings. The van der Waals surface area contributed by atoms with Crippen LogP contribution in [0.15, 0.2) is 24.3 Å². The van der Waals surface area contributed by atoms with E-state index in [1.807, 2.05) is 0 Å². The van der Waals surface area contributed by atoms with Crippen LogP contribution >= 0.6 is 11.6 Å². The second kappa shape index (κ2) is 6.42. The fourth-order valence-corrected chi connectivity index (χ4v) is 3.01. The molecule has 0 bridgehead atoms. The molecule has 2 rings (SSSR count). The van der Waals surface area contributed by atoms with Gasteiger partial charge in [-0.2, -0.15) is 0 Å². The molecule has 0 amide bonds. The van der Waals surface area contributed by atoms with Crippen LogP contribution in [0.5, 0.6) is 0 Å². The van der Waals surface area contributed by atoms with Crippen LogP contribution in [0.2, 0.25) is 0 Å². The van der Waals surface area contributed by atoms with Crippen molar-refractivity contribution in [1.29, 1.82) is 0 Å². The molecule has 1 aliphatic heterocycles. The van der Waals surface area contributed by atoms with Gasteiger partial charge >= 0.3 is 0 Å². The Morgan fingerprint density at radius 1 is 1.29 bits per heavy atom. The lowest BCUT2D eigenvalue weighted by Crippen LogP contribution is -2.35. The van der Waals surface area contributed by atoms with Crippen molar-refractivity contribution in [3.05, 3.63) is 35.4 Å². The van der Waals surface area contributed by atoms with Crippen molar-refractivity contribution in [2.75, 3.05) is 12.4 Å². The molecule has 1 aromatic rings. The van der Waals surface area contributed by atoms with Gasteiger partial charge in [-0.1, -0.05) is 42.7 Å². The molecule has 0 spiro atoms. The third-order valence-corrected chi connectivity index (χ3v) is 4.00. The zero-order chi connectivity index (χ0) is 12.1. The van der Waals surface area contributed by atoms with E-state index in [1.165, 1.54) is 43.4 Å². The second-order valence-corrected chi connectivity index (χ2v) is 5.43. The molecule has 94 valence electrons. The molecule has 0 N–H and O–H groups in total. The monoisotopic (exact) mass is 251 g/mol. The molecule has 1 saturated heterocycles. The van der Waals surface area contributed by atoms with Crippen LogP contribution in [0.25, 0.3) is 0 Å². The predicted octanol–water partition coefficient (Wildman–Crippen LogP) is 3.98. The predicted molar refractivity (Wildman–Crippen MR) is 74.6 cm³/mol. The van der Waals surface area contributed by atoms with E-state index in [-0.39, 0.29) is 0 Å². The number of alkyl halides is 1. The van der Waals surface area contributed by atoms with E-state index < -0.39 is 0 Å². The minimum atomic E-state index is 0.569. The molecule has 0 aliphatic carbocycles. The van der Waals surface area contributed by atoms with Gasteiger partial charge in [-0.15, -0.1) is 11.6 Å². The van der Waals surface area contributed by atoms with E-state index in [0.29, 0.717) is 6.04 Å². The minimum absolute atomic E-state index is 0.569. The smallest absolute Gasteiger partial charge is 0.0379 e. The fraction of sp³-hybridized carbons (Fsp3) is 0.600. The van der Waals surface area contributed by atoms with Gasteiger partial charge in [0.25, 0.3) is 0 Å². The third kappa shape index (κ3) is 3.72. The number of aryl methyl sites for hydroxylation is 1. The summed E-state index contributed by atoms with van der Waals surface area (Å²) in [6.45, 7) is 4.41. The van der Waals surface area contributed by atoms with Crippen LogP contribution in [0.4, 0.5) is 0 Å². The molecule has 0 aromatic heterocycles. The summed E-state index contributed by atoms with van der Waals surface area (Å²) in [7, 11) is 0. The number of benzene rings is 1. The van der Waals surface area contributed by atoms with Crippen LogP contribution in [-0.2, 0) is 6.54 Å². The van der Waals surface area contributed by atoms with Crippen molar-refractivity contribution in [3.63, 3.8) is 0 Å². The summed E-state index contributed by atoms with van der Waals surface area (Å²) in [4.78, 5) is 2.56. The van der Waals surface area contributed by atoms with Gasteiger partial charge in [-0.3, -0.25) is 4.90 Å². The van der Waals surface area contributed by atoms with Gasteiger partial charge in [-0.25, -0.2) is 0 Å². The Morgan fingerprint density at radius 3 is 2.94 bits per heavy atom. The Labute approximate surface area is 110 Å². The minimum Gasteiger partial charge on any atom is -0.295 e. The quantitative estimate of drug-likeness (QED) is 0.735. The second-order valence-electron chi connectivity index (χ2n) is 5.12. The Kier molecular flexibility index (Phi) is 4.87. The average Bonchev–Trinajstić information content (AvgIpc) is 2.54. The van der Waals surface area contributed by atoms with Gasteiger partial charge < -0.3 is 0 Å². The first-order chi connectivity index (χ1) is 8.29. The van der Waals surface area contributed by atoms with Crippen molar-refractivity contribution in [2.24, 2.45) is 0 Å². The summed E-state index contributed by atoms with van der Waals surface area (Å²) in [6.07, 6.45) is 5.27. The molecule has 1 atom stereocenters. The topological polar surface area (TPSA) is 3.24 Å². The van der Waals surface area contributed by atoms with Gasteiger partial charge in [0.1, 0.15) is 0 Å². The number of hydrogen-bond acceptors (Lipinski definition) is 1. The molecule has 0 radical (unpaired) electrons. The molecule has 2 heteroatoms. The summed E-state index contributed by atoms with van der Waals surface area (Å²) >= 11 is 6.10. The van der Waals surface area contributed by atoms with Crippen molar-refractivity contribution < 1.29 is 0 Å². The fourth-order valence-electron chi connectivity index (χ4n) is 2.66. The lowest BCUT2D eigenvalue weighted by molar-refractivity contribution is 0.207. The summed E-state index contributed by atoms with van der Waals surface area (Å²) in [6, 6.07) is 9.39. The highest BCUT2D eigenvalue weighted by molar-refractivity contribution is 6.18. The molecule has 1 heterocycles. The third-order valence-electron chi connectivity index (χ3n) is 3.65. The first-order valence-corrected chi connectivity index (χ1v) is 7.18. The Balaban J connectivity index is 2.04. The van der Waals surface area contributed by atoms with Crippen molar-refractivity contribution >= 4 is 11.6 Å². The first-order valence-electron chi connectivity index (χ1n) is 6.65. The highest BCUT2D eigenvalue weighted by Crippen LogP contribution is 2.20. The van der Waals surface area contributed by atoms with Crippen molar-refractivity contribution in [1.82, 2.24) is 4.90 Å². The Morgan fingerprint density at radius 2 is 2.18 bits per heavy atom. The van der Waals surface area contributed by atoms with Gasteiger partial charge in [0.2, 0.25) is 0 Å². The summed E-state index contributed by atoms with van der Waals surface area (Å²) < 4.78 is 0. The highest BCUT2D eigenvalue weighted by atomic mass is 35.5. The lowest BCUT2D eigenvalue weighted by Gasteiger charge is -2.28. The maximum absolute atomic E-state index is 6.10. The van der Waals surface area contributed by atoms with Crippen LogP contribution in [-0.4, -0.2) is 23.4 Å². The van der Waals surface area contributed by atoms with Crippen LogP contribution < -0.4 is 0 Å². The summed E-state index contributed by atoms with van der Waals surface area (Å²) in [5.41, 5.74) is 2.77. The zero-order valence-electron chi connectivity index (χ0n) is 10.7. The van der Waals surface area contributed by atoms with Crippen molar-refractivity contribution in [3.8, 4) is 0 Å².